The molecule has 1 saturated heterocycles. The molecule has 0 bridgehead atoms. The minimum absolute atomic E-state index is 0. The Labute approximate surface area is 150 Å². The Kier molecular flexibility index (Phi) is 8.79. The van der Waals surface area contributed by atoms with Crippen LogP contribution in [-0.4, -0.2) is 36.3 Å². The summed E-state index contributed by atoms with van der Waals surface area (Å²) in [4.78, 5) is 26.1. The molecule has 0 unspecified atom stereocenters. The summed E-state index contributed by atoms with van der Waals surface area (Å²) in [5, 5.41) is 3.01. The van der Waals surface area contributed by atoms with Crippen molar-refractivity contribution in [1.29, 1.82) is 0 Å². The van der Waals surface area contributed by atoms with Gasteiger partial charge in [0.15, 0.2) is 0 Å². The number of benzene rings is 1. The van der Waals surface area contributed by atoms with Crippen LogP contribution < -0.4 is 11.1 Å². The van der Waals surface area contributed by atoms with E-state index in [0.29, 0.717) is 32.6 Å². The molecular formula is C18H28ClN3O2. The summed E-state index contributed by atoms with van der Waals surface area (Å²) in [7, 11) is 0. The van der Waals surface area contributed by atoms with Crippen molar-refractivity contribution in [1.82, 2.24) is 10.2 Å². The van der Waals surface area contributed by atoms with Crippen LogP contribution in [0.15, 0.2) is 24.3 Å². The molecule has 6 heteroatoms. The van der Waals surface area contributed by atoms with Gasteiger partial charge in [0, 0.05) is 32.0 Å². The molecule has 2 rings (SSSR count). The number of piperidine rings is 1. The van der Waals surface area contributed by atoms with Gasteiger partial charge in [-0.05, 0) is 38.3 Å². The SMILES string of the molecule is Cc1ccc(CNC(=O)C2CCN(C(=O)CCCN)CC2)cc1.Cl. The minimum Gasteiger partial charge on any atom is -0.352 e. The lowest BCUT2D eigenvalue weighted by atomic mass is 9.95. The van der Waals surface area contributed by atoms with E-state index in [1.54, 1.807) is 0 Å². The van der Waals surface area contributed by atoms with Crippen molar-refractivity contribution in [2.45, 2.75) is 39.2 Å². The molecule has 134 valence electrons. The van der Waals surface area contributed by atoms with Crippen molar-refractivity contribution in [2.75, 3.05) is 19.6 Å². The fraction of sp³-hybridized carbons (Fsp3) is 0.556. The zero-order valence-electron chi connectivity index (χ0n) is 14.3. The number of nitrogens with one attached hydrogen (secondary N) is 1. The third kappa shape index (κ3) is 6.13. The van der Waals surface area contributed by atoms with E-state index < -0.39 is 0 Å². The highest BCUT2D eigenvalue weighted by Crippen LogP contribution is 2.18. The molecule has 0 atom stereocenters. The van der Waals surface area contributed by atoms with Crippen LogP contribution in [0.3, 0.4) is 0 Å². The molecule has 1 heterocycles. The van der Waals surface area contributed by atoms with Gasteiger partial charge in [0.1, 0.15) is 0 Å². The standard InChI is InChI=1S/C18H27N3O2.ClH/c1-14-4-6-15(7-5-14)13-20-18(23)16-8-11-21(12-9-16)17(22)3-2-10-19;/h4-7,16H,2-3,8-13,19H2,1H3,(H,20,23);1H. The number of aryl methyl sites for hydroxylation is 1. The lowest BCUT2D eigenvalue weighted by Gasteiger charge is -2.31. The summed E-state index contributed by atoms with van der Waals surface area (Å²) in [6.07, 6.45) is 2.73. The van der Waals surface area contributed by atoms with E-state index in [4.69, 9.17) is 5.73 Å². The van der Waals surface area contributed by atoms with Gasteiger partial charge in [0.05, 0.1) is 0 Å². The molecule has 3 N–H and O–H groups in total. The molecule has 0 aromatic heterocycles. The third-order valence-electron chi connectivity index (χ3n) is 4.40. The summed E-state index contributed by atoms with van der Waals surface area (Å²) in [6, 6.07) is 8.17. The molecule has 0 aliphatic carbocycles. The average molecular weight is 354 g/mol. The molecular weight excluding hydrogens is 326 g/mol. The van der Waals surface area contributed by atoms with Gasteiger partial charge in [-0.3, -0.25) is 9.59 Å². The average Bonchev–Trinajstić information content (AvgIpc) is 2.59. The predicted molar refractivity (Wildman–Crippen MR) is 97.9 cm³/mol. The Morgan fingerprint density at radius 3 is 2.42 bits per heavy atom. The minimum atomic E-state index is 0. The molecule has 1 fully saturated rings. The van der Waals surface area contributed by atoms with E-state index in [0.717, 1.165) is 24.8 Å². The van der Waals surface area contributed by atoms with E-state index in [1.807, 2.05) is 36.1 Å². The number of halogens is 1. The Bertz CT molecular complexity index is 526. The largest absolute Gasteiger partial charge is 0.352 e. The zero-order chi connectivity index (χ0) is 16.7. The molecule has 5 nitrogen and oxygen atoms in total. The van der Waals surface area contributed by atoms with Gasteiger partial charge >= 0.3 is 0 Å². The Balaban J connectivity index is 0.00000288. The number of nitrogens with zero attached hydrogens (tertiary/aromatic N) is 1. The molecule has 24 heavy (non-hydrogen) atoms. The van der Waals surface area contributed by atoms with Crippen molar-refractivity contribution in [3.8, 4) is 0 Å². The van der Waals surface area contributed by atoms with Crippen molar-refractivity contribution in [3.05, 3.63) is 35.4 Å². The highest BCUT2D eigenvalue weighted by atomic mass is 35.5. The van der Waals surface area contributed by atoms with E-state index in [1.165, 1.54) is 5.56 Å². The number of hydrogen-bond acceptors (Lipinski definition) is 3. The number of rotatable bonds is 6. The van der Waals surface area contributed by atoms with Crippen LogP contribution in [0.25, 0.3) is 0 Å². The number of amides is 2. The van der Waals surface area contributed by atoms with Gasteiger partial charge in [0.2, 0.25) is 11.8 Å². The second-order valence-corrected chi connectivity index (χ2v) is 6.25. The van der Waals surface area contributed by atoms with Crippen molar-refractivity contribution in [3.63, 3.8) is 0 Å². The maximum absolute atomic E-state index is 12.3. The van der Waals surface area contributed by atoms with E-state index in [9.17, 15) is 9.59 Å². The number of carbonyl (C=O) groups excluding carboxylic acids is 2. The van der Waals surface area contributed by atoms with Gasteiger partial charge in [-0.1, -0.05) is 29.8 Å². The second kappa shape index (κ2) is 10.3. The summed E-state index contributed by atoms with van der Waals surface area (Å²) in [6.45, 7) is 4.50. The van der Waals surface area contributed by atoms with Gasteiger partial charge in [0.25, 0.3) is 0 Å². The van der Waals surface area contributed by atoms with Gasteiger partial charge in [-0.2, -0.15) is 0 Å². The highest BCUT2D eigenvalue weighted by Gasteiger charge is 2.26. The van der Waals surface area contributed by atoms with Crippen molar-refractivity contribution in [2.24, 2.45) is 11.7 Å². The van der Waals surface area contributed by atoms with Crippen LogP contribution in [-0.2, 0) is 16.1 Å². The summed E-state index contributed by atoms with van der Waals surface area (Å²) < 4.78 is 0. The first-order valence-electron chi connectivity index (χ1n) is 8.41. The molecule has 1 aliphatic heterocycles. The molecule has 0 saturated carbocycles. The molecule has 0 spiro atoms. The van der Waals surface area contributed by atoms with Gasteiger partial charge < -0.3 is 16.0 Å². The Morgan fingerprint density at radius 1 is 1.21 bits per heavy atom. The normalized spacial score (nSPS) is 14.8. The smallest absolute Gasteiger partial charge is 0.223 e. The van der Waals surface area contributed by atoms with Crippen LogP contribution >= 0.6 is 12.4 Å². The van der Waals surface area contributed by atoms with Gasteiger partial charge in [-0.25, -0.2) is 0 Å². The zero-order valence-corrected chi connectivity index (χ0v) is 15.1. The lowest BCUT2D eigenvalue weighted by molar-refractivity contribution is -0.135. The molecule has 1 aromatic carbocycles. The first-order valence-corrected chi connectivity index (χ1v) is 8.41. The van der Waals surface area contributed by atoms with Crippen LogP contribution in [0.1, 0.15) is 36.8 Å². The Hall–Kier alpha value is -1.59. The monoisotopic (exact) mass is 353 g/mol. The highest BCUT2D eigenvalue weighted by molar-refractivity contribution is 5.85. The third-order valence-corrected chi connectivity index (χ3v) is 4.40. The lowest BCUT2D eigenvalue weighted by Crippen LogP contribution is -2.43. The quantitative estimate of drug-likeness (QED) is 0.821. The maximum atomic E-state index is 12.3. The summed E-state index contributed by atoms with van der Waals surface area (Å²) in [5.74, 6) is 0.271. The number of nitrogens with two attached hydrogens (primary N) is 1. The number of carbonyl (C=O) groups is 2. The fourth-order valence-electron chi connectivity index (χ4n) is 2.84. The first kappa shape index (κ1) is 20.5. The van der Waals surface area contributed by atoms with Crippen LogP contribution in [0.4, 0.5) is 0 Å². The second-order valence-electron chi connectivity index (χ2n) is 6.25. The Morgan fingerprint density at radius 2 is 1.83 bits per heavy atom. The van der Waals surface area contributed by atoms with Crippen molar-refractivity contribution >= 4 is 24.2 Å². The number of hydrogen-bond donors (Lipinski definition) is 2. The topological polar surface area (TPSA) is 75.4 Å². The summed E-state index contributed by atoms with van der Waals surface area (Å²) >= 11 is 0. The van der Waals surface area contributed by atoms with E-state index in [2.05, 4.69) is 5.32 Å². The molecule has 1 aromatic rings. The van der Waals surface area contributed by atoms with Crippen LogP contribution in [0.5, 0.6) is 0 Å². The van der Waals surface area contributed by atoms with Crippen molar-refractivity contribution < 1.29 is 9.59 Å². The number of likely N-dealkylation sites (tertiary alicyclic amines) is 1. The molecule has 2 amide bonds. The van der Waals surface area contributed by atoms with Crippen LogP contribution in [0, 0.1) is 12.8 Å². The molecule has 0 radical (unpaired) electrons. The maximum Gasteiger partial charge on any atom is 0.223 e. The first-order chi connectivity index (χ1) is 11.1. The van der Waals surface area contributed by atoms with E-state index in [-0.39, 0.29) is 30.1 Å². The fourth-order valence-corrected chi connectivity index (χ4v) is 2.84. The van der Waals surface area contributed by atoms with E-state index >= 15 is 0 Å². The molecule has 1 aliphatic rings. The van der Waals surface area contributed by atoms with Gasteiger partial charge in [-0.15, -0.1) is 12.4 Å². The summed E-state index contributed by atoms with van der Waals surface area (Å²) in [5.41, 5.74) is 7.76. The predicted octanol–water partition coefficient (Wildman–Crippen LogP) is 2.01. The van der Waals surface area contributed by atoms with Crippen LogP contribution in [0.2, 0.25) is 0 Å².